The van der Waals surface area contributed by atoms with Crippen molar-refractivity contribution in [2.75, 3.05) is 18.6 Å². The van der Waals surface area contributed by atoms with Gasteiger partial charge in [-0.3, -0.25) is 0 Å². The first-order valence-electron chi connectivity index (χ1n) is 7.95. The summed E-state index contributed by atoms with van der Waals surface area (Å²) in [6.45, 7) is 1.28. The molecule has 6 heteroatoms. The van der Waals surface area contributed by atoms with Crippen molar-refractivity contribution in [3.63, 3.8) is 0 Å². The van der Waals surface area contributed by atoms with Gasteiger partial charge in [0.2, 0.25) is 0 Å². The summed E-state index contributed by atoms with van der Waals surface area (Å²) in [5.74, 6) is 0.834. The third kappa shape index (κ3) is 2.12. The molecular weight excluding hydrogens is 304 g/mol. The van der Waals surface area contributed by atoms with E-state index in [1.165, 1.54) is 0 Å². The predicted molar refractivity (Wildman–Crippen MR) is 90.8 cm³/mol. The highest BCUT2D eigenvalue weighted by atomic mass is 16.5. The Morgan fingerprint density at radius 1 is 1.29 bits per heavy atom. The van der Waals surface area contributed by atoms with Crippen LogP contribution in [0.25, 0.3) is 10.4 Å². The van der Waals surface area contributed by atoms with E-state index in [0.29, 0.717) is 19.6 Å². The molecule has 4 rings (SSSR count). The van der Waals surface area contributed by atoms with Crippen LogP contribution < -0.4 is 9.64 Å². The van der Waals surface area contributed by atoms with Crippen molar-refractivity contribution in [1.29, 1.82) is 0 Å². The highest BCUT2D eigenvalue weighted by Gasteiger charge is 2.54. The van der Waals surface area contributed by atoms with Gasteiger partial charge >= 0.3 is 0 Å². The maximum atomic E-state index is 9.10. The summed E-state index contributed by atoms with van der Waals surface area (Å²) in [5, 5.41) is 4.17. The van der Waals surface area contributed by atoms with Crippen molar-refractivity contribution in [1.82, 2.24) is 0 Å². The molecule has 0 radical (unpaired) electrons. The smallest absolute Gasteiger partial charge is 0.146 e. The fourth-order valence-electron chi connectivity index (χ4n) is 3.75. The molecule has 1 saturated heterocycles. The van der Waals surface area contributed by atoms with E-state index < -0.39 is 5.54 Å². The number of methoxy groups -OCH3 is 1. The van der Waals surface area contributed by atoms with Gasteiger partial charge in [-0.15, -0.1) is 0 Å². The molecule has 0 unspecified atom stereocenters. The molecule has 2 aromatic rings. The predicted octanol–water partition coefficient (Wildman–Crippen LogP) is 3.97. The van der Waals surface area contributed by atoms with Crippen LogP contribution in [0.5, 0.6) is 5.75 Å². The van der Waals surface area contributed by atoms with Crippen LogP contribution in [0.2, 0.25) is 0 Å². The summed E-state index contributed by atoms with van der Waals surface area (Å²) in [7, 11) is 1.66. The van der Waals surface area contributed by atoms with Gasteiger partial charge in [-0.1, -0.05) is 35.4 Å². The fraction of sp³-hybridized carbons (Fsp3) is 0.333. The average molecular weight is 322 g/mol. The highest BCUT2D eigenvalue weighted by Crippen LogP contribution is 2.52. The molecule has 6 nitrogen and oxygen atoms in total. The molecule has 0 N–H and O–H groups in total. The number of hydrogen-bond acceptors (Lipinski definition) is 4. The van der Waals surface area contributed by atoms with Gasteiger partial charge in [0.15, 0.2) is 0 Å². The SMILES string of the molecule is COc1ccc(CN2c3ccccc3[C@]3(N=[N+]=[N-])CCO[C@H]23)cc1. The molecule has 0 aliphatic carbocycles. The Hall–Kier alpha value is -2.69. The lowest BCUT2D eigenvalue weighted by Gasteiger charge is -2.29. The summed E-state index contributed by atoms with van der Waals surface area (Å²) in [6.07, 6.45) is 0.450. The van der Waals surface area contributed by atoms with Crippen molar-refractivity contribution in [2.24, 2.45) is 5.11 Å². The van der Waals surface area contributed by atoms with Crippen LogP contribution in [0.15, 0.2) is 53.6 Å². The second-order valence-electron chi connectivity index (χ2n) is 6.08. The number of fused-ring (bicyclic) bond motifs is 3. The molecule has 2 atom stereocenters. The summed E-state index contributed by atoms with van der Waals surface area (Å²) >= 11 is 0. The average Bonchev–Trinajstić information content (AvgIpc) is 3.14. The fourth-order valence-corrected chi connectivity index (χ4v) is 3.75. The van der Waals surface area contributed by atoms with Gasteiger partial charge in [-0.25, -0.2) is 0 Å². The van der Waals surface area contributed by atoms with E-state index in [-0.39, 0.29) is 6.23 Å². The van der Waals surface area contributed by atoms with Crippen LogP contribution in [0.4, 0.5) is 5.69 Å². The minimum atomic E-state index is -0.627. The molecule has 0 saturated carbocycles. The molecule has 0 bridgehead atoms. The van der Waals surface area contributed by atoms with Crippen molar-refractivity contribution >= 4 is 5.69 Å². The van der Waals surface area contributed by atoms with Crippen molar-refractivity contribution in [2.45, 2.75) is 24.7 Å². The van der Waals surface area contributed by atoms with Gasteiger partial charge in [0.05, 0.1) is 13.7 Å². The normalized spacial score (nSPS) is 24.2. The molecule has 2 aliphatic rings. The lowest BCUT2D eigenvalue weighted by Crippen LogP contribution is -2.40. The summed E-state index contributed by atoms with van der Waals surface area (Å²) < 4.78 is 11.2. The molecule has 2 aliphatic heterocycles. The van der Waals surface area contributed by atoms with E-state index in [0.717, 1.165) is 22.6 Å². The number of benzene rings is 2. The molecule has 1 fully saturated rings. The topological polar surface area (TPSA) is 70.5 Å². The molecule has 0 spiro atoms. The van der Waals surface area contributed by atoms with Gasteiger partial charge in [0, 0.05) is 17.1 Å². The first-order chi connectivity index (χ1) is 11.8. The Labute approximate surface area is 140 Å². The zero-order chi connectivity index (χ0) is 16.6. The minimum absolute atomic E-state index is 0.257. The van der Waals surface area contributed by atoms with Crippen LogP contribution in [-0.2, 0) is 16.8 Å². The molecule has 122 valence electrons. The lowest BCUT2D eigenvalue weighted by molar-refractivity contribution is 0.0840. The van der Waals surface area contributed by atoms with Crippen LogP contribution >= 0.6 is 0 Å². The zero-order valence-electron chi connectivity index (χ0n) is 13.4. The number of anilines is 1. The Morgan fingerprint density at radius 2 is 2.08 bits per heavy atom. The van der Waals surface area contributed by atoms with E-state index in [2.05, 4.69) is 21.0 Å². The van der Waals surface area contributed by atoms with Gasteiger partial charge in [-0.2, -0.15) is 0 Å². The van der Waals surface area contributed by atoms with Crippen LogP contribution in [0.3, 0.4) is 0 Å². The second kappa shape index (κ2) is 5.74. The monoisotopic (exact) mass is 322 g/mol. The first kappa shape index (κ1) is 14.9. The van der Waals surface area contributed by atoms with Crippen LogP contribution in [0.1, 0.15) is 17.5 Å². The largest absolute Gasteiger partial charge is 0.497 e. The highest BCUT2D eigenvalue weighted by molar-refractivity contribution is 5.64. The Morgan fingerprint density at radius 3 is 2.83 bits per heavy atom. The maximum Gasteiger partial charge on any atom is 0.146 e. The number of azide groups is 1. The molecule has 0 aromatic heterocycles. The summed E-state index contributed by atoms with van der Waals surface area (Å²) in [6, 6.07) is 16.1. The lowest BCUT2D eigenvalue weighted by atomic mass is 9.90. The van der Waals surface area contributed by atoms with E-state index in [9.17, 15) is 0 Å². The number of nitrogens with zero attached hydrogens (tertiary/aromatic N) is 4. The minimum Gasteiger partial charge on any atom is -0.497 e. The molecule has 2 heterocycles. The summed E-state index contributed by atoms with van der Waals surface area (Å²) in [4.78, 5) is 5.31. The maximum absolute atomic E-state index is 9.10. The van der Waals surface area contributed by atoms with Crippen LogP contribution in [0, 0.1) is 0 Å². The van der Waals surface area contributed by atoms with E-state index in [1.54, 1.807) is 7.11 Å². The quantitative estimate of drug-likeness (QED) is 0.486. The Bertz CT molecular complexity index is 801. The van der Waals surface area contributed by atoms with Gasteiger partial charge in [-0.05, 0) is 41.3 Å². The number of hydrogen-bond donors (Lipinski definition) is 0. The first-order valence-corrected chi connectivity index (χ1v) is 7.95. The van der Waals surface area contributed by atoms with E-state index >= 15 is 0 Å². The number of rotatable bonds is 4. The molecule has 0 amide bonds. The van der Waals surface area contributed by atoms with Gasteiger partial charge in [0.1, 0.15) is 17.5 Å². The molecule has 24 heavy (non-hydrogen) atoms. The van der Waals surface area contributed by atoms with Gasteiger partial charge in [0.25, 0.3) is 0 Å². The van der Waals surface area contributed by atoms with E-state index in [4.69, 9.17) is 15.0 Å². The van der Waals surface area contributed by atoms with Crippen LogP contribution in [-0.4, -0.2) is 19.9 Å². The van der Waals surface area contributed by atoms with Crippen molar-refractivity contribution in [3.05, 3.63) is 70.1 Å². The Balaban J connectivity index is 1.74. The summed E-state index contributed by atoms with van der Waals surface area (Å²) in [5.41, 5.74) is 11.8. The number of ether oxygens (including phenoxy) is 2. The number of para-hydroxylation sites is 1. The zero-order valence-corrected chi connectivity index (χ0v) is 13.4. The van der Waals surface area contributed by atoms with Crippen molar-refractivity contribution in [3.8, 4) is 5.75 Å². The third-order valence-corrected chi connectivity index (χ3v) is 4.87. The van der Waals surface area contributed by atoms with E-state index in [1.807, 2.05) is 42.5 Å². The third-order valence-electron chi connectivity index (χ3n) is 4.87. The second-order valence-corrected chi connectivity index (χ2v) is 6.08. The Kier molecular flexibility index (Phi) is 3.56. The van der Waals surface area contributed by atoms with Gasteiger partial charge < -0.3 is 14.4 Å². The standard InChI is InChI=1S/C18H18N4O2/c1-23-14-8-6-13(7-9-14)12-22-16-5-3-2-4-15(16)18(20-21-19)10-11-24-17(18)22/h2-9,17H,10-12H2,1H3/t17-,18+/m0/s1. The molecular formula is C18H18N4O2. The molecule has 2 aromatic carbocycles. The van der Waals surface area contributed by atoms with Crippen molar-refractivity contribution < 1.29 is 9.47 Å².